The summed E-state index contributed by atoms with van der Waals surface area (Å²) in [4.78, 5) is 11.6. The molecular formula is C33H36N2O4S. The molecule has 0 aromatic heterocycles. The first kappa shape index (κ1) is 29.1. The summed E-state index contributed by atoms with van der Waals surface area (Å²) >= 11 is 1.91. The Hall–Kier alpha value is -3.94. The van der Waals surface area contributed by atoms with Crippen LogP contribution >= 0.6 is 11.8 Å². The average molecular weight is 557 g/mol. The van der Waals surface area contributed by atoms with Gasteiger partial charge >= 0.3 is 0 Å². The van der Waals surface area contributed by atoms with Crippen LogP contribution in [0.1, 0.15) is 22.3 Å². The monoisotopic (exact) mass is 556 g/mol. The van der Waals surface area contributed by atoms with E-state index in [-0.39, 0.29) is 17.3 Å². The molecule has 0 bridgehead atoms. The van der Waals surface area contributed by atoms with Crippen molar-refractivity contribution >= 4 is 17.7 Å². The van der Waals surface area contributed by atoms with E-state index in [1.54, 1.807) is 33.4 Å². The molecule has 0 spiro atoms. The van der Waals surface area contributed by atoms with E-state index in [1.807, 2.05) is 11.8 Å². The highest BCUT2D eigenvalue weighted by Gasteiger charge is 2.36. The molecule has 4 aromatic rings. The van der Waals surface area contributed by atoms with Gasteiger partial charge in [-0.25, -0.2) is 0 Å². The van der Waals surface area contributed by atoms with Gasteiger partial charge in [0.05, 0.1) is 24.5 Å². The van der Waals surface area contributed by atoms with E-state index in [2.05, 4.69) is 102 Å². The molecule has 1 amide bonds. The Morgan fingerprint density at radius 1 is 0.775 bits per heavy atom. The van der Waals surface area contributed by atoms with Gasteiger partial charge in [-0.05, 0) is 16.7 Å². The SMILES string of the molecule is CNC(=O)COc1cc(OC)c(CNCCSC(c2ccccc2)(c2ccccc2)c2ccccc2)c(OC)c1. The Labute approximate surface area is 241 Å². The molecule has 40 heavy (non-hydrogen) atoms. The molecule has 2 N–H and O–H groups in total. The Kier molecular flexibility index (Phi) is 10.5. The van der Waals surface area contributed by atoms with E-state index in [9.17, 15) is 4.79 Å². The molecule has 0 aliphatic carbocycles. The fourth-order valence-corrected chi connectivity index (χ4v) is 6.16. The highest BCUT2D eigenvalue weighted by atomic mass is 32.2. The first-order chi connectivity index (χ1) is 19.6. The summed E-state index contributed by atoms with van der Waals surface area (Å²) < 4.78 is 16.5. The van der Waals surface area contributed by atoms with Crippen molar-refractivity contribution in [2.75, 3.05) is 40.2 Å². The van der Waals surface area contributed by atoms with Crippen molar-refractivity contribution in [1.82, 2.24) is 10.6 Å². The van der Waals surface area contributed by atoms with E-state index in [1.165, 1.54) is 16.7 Å². The molecule has 208 valence electrons. The quantitative estimate of drug-likeness (QED) is 0.155. The van der Waals surface area contributed by atoms with Gasteiger partial charge in [0.15, 0.2) is 6.61 Å². The molecule has 4 aromatic carbocycles. The van der Waals surface area contributed by atoms with Gasteiger partial charge in [0.1, 0.15) is 17.2 Å². The highest BCUT2D eigenvalue weighted by molar-refractivity contribution is 8.00. The second kappa shape index (κ2) is 14.4. The summed E-state index contributed by atoms with van der Waals surface area (Å²) in [5, 5.41) is 6.12. The number of rotatable bonds is 14. The number of hydrogen-bond acceptors (Lipinski definition) is 6. The maximum atomic E-state index is 11.6. The summed E-state index contributed by atoms with van der Waals surface area (Å²) in [6.07, 6.45) is 0. The third-order valence-corrected chi connectivity index (χ3v) is 8.22. The number of hydrogen-bond donors (Lipinski definition) is 2. The molecule has 4 rings (SSSR count). The lowest BCUT2D eigenvalue weighted by atomic mass is 9.84. The number of carbonyl (C=O) groups is 1. The van der Waals surface area contributed by atoms with Crippen LogP contribution in [0.25, 0.3) is 0 Å². The van der Waals surface area contributed by atoms with Gasteiger partial charge in [-0.3, -0.25) is 4.79 Å². The summed E-state index contributed by atoms with van der Waals surface area (Å²) in [5.41, 5.74) is 4.62. The second-order valence-corrected chi connectivity index (χ2v) is 10.4. The summed E-state index contributed by atoms with van der Waals surface area (Å²) in [7, 11) is 4.80. The zero-order valence-corrected chi connectivity index (χ0v) is 24.0. The van der Waals surface area contributed by atoms with Gasteiger partial charge in [-0.2, -0.15) is 0 Å². The molecule has 0 aliphatic rings. The lowest BCUT2D eigenvalue weighted by Crippen LogP contribution is -2.28. The smallest absolute Gasteiger partial charge is 0.257 e. The topological polar surface area (TPSA) is 68.8 Å². The van der Waals surface area contributed by atoms with Gasteiger partial charge in [-0.15, -0.1) is 11.8 Å². The highest BCUT2D eigenvalue weighted by Crippen LogP contribution is 2.48. The van der Waals surface area contributed by atoms with Crippen LogP contribution in [0.5, 0.6) is 17.2 Å². The molecule has 0 fully saturated rings. The summed E-state index contributed by atoms with van der Waals surface area (Å²) in [6, 6.07) is 35.7. The average Bonchev–Trinajstić information content (AvgIpc) is 3.03. The maximum Gasteiger partial charge on any atom is 0.257 e. The number of thioether (sulfide) groups is 1. The molecule has 0 radical (unpaired) electrons. The van der Waals surface area contributed by atoms with Gasteiger partial charge in [0.2, 0.25) is 0 Å². The molecule has 0 atom stereocenters. The fraction of sp³-hybridized carbons (Fsp3) is 0.242. The van der Waals surface area contributed by atoms with Crippen molar-refractivity contribution in [3.8, 4) is 17.2 Å². The summed E-state index contributed by atoms with van der Waals surface area (Å²) in [6.45, 7) is 1.24. The molecule has 0 unspecified atom stereocenters. The van der Waals surface area contributed by atoms with Crippen molar-refractivity contribution < 1.29 is 19.0 Å². The van der Waals surface area contributed by atoms with E-state index in [4.69, 9.17) is 14.2 Å². The number of likely N-dealkylation sites (N-methyl/N-ethyl adjacent to an activating group) is 1. The van der Waals surface area contributed by atoms with Crippen molar-refractivity contribution in [3.05, 3.63) is 125 Å². The van der Waals surface area contributed by atoms with Crippen molar-refractivity contribution in [3.63, 3.8) is 0 Å². The Morgan fingerprint density at radius 2 is 1.25 bits per heavy atom. The molecular weight excluding hydrogens is 520 g/mol. The van der Waals surface area contributed by atoms with Crippen molar-refractivity contribution in [1.29, 1.82) is 0 Å². The van der Waals surface area contributed by atoms with Crippen molar-refractivity contribution in [2.45, 2.75) is 11.3 Å². The number of amides is 1. The zero-order valence-electron chi connectivity index (χ0n) is 23.2. The van der Waals surface area contributed by atoms with Crippen LogP contribution in [0, 0.1) is 0 Å². The molecule has 6 nitrogen and oxygen atoms in total. The van der Waals surface area contributed by atoms with Crippen LogP contribution in [-0.2, 0) is 16.1 Å². The molecule has 0 aliphatic heterocycles. The maximum absolute atomic E-state index is 11.6. The minimum atomic E-state index is -0.357. The number of ether oxygens (including phenoxy) is 3. The number of methoxy groups -OCH3 is 2. The van der Waals surface area contributed by atoms with E-state index < -0.39 is 0 Å². The van der Waals surface area contributed by atoms with E-state index in [0.717, 1.165) is 17.9 Å². The molecule has 7 heteroatoms. The third-order valence-electron chi connectivity index (χ3n) is 6.67. The van der Waals surface area contributed by atoms with Gasteiger partial charge in [0, 0.05) is 38.0 Å². The minimum Gasteiger partial charge on any atom is -0.496 e. The Morgan fingerprint density at radius 3 is 1.68 bits per heavy atom. The summed E-state index contributed by atoms with van der Waals surface area (Å²) in [5.74, 6) is 2.43. The predicted molar refractivity (Wildman–Crippen MR) is 162 cm³/mol. The number of nitrogens with one attached hydrogen (secondary N) is 2. The predicted octanol–water partition coefficient (Wildman–Crippen LogP) is 5.64. The van der Waals surface area contributed by atoms with Gasteiger partial charge < -0.3 is 24.8 Å². The Bertz CT molecular complexity index is 1230. The molecule has 0 saturated heterocycles. The Balaban J connectivity index is 1.52. The molecule has 0 saturated carbocycles. The molecule has 0 heterocycles. The van der Waals surface area contributed by atoms with Crippen LogP contribution < -0.4 is 24.8 Å². The van der Waals surface area contributed by atoms with Crippen LogP contribution in [0.3, 0.4) is 0 Å². The van der Waals surface area contributed by atoms with E-state index in [0.29, 0.717) is 23.8 Å². The number of benzene rings is 4. The normalized spacial score (nSPS) is 11.1. The van der Waals surface area contributed by atoms with Crippen LogP contribution in [0.4, 0.5) is 0 Å². The van der Waals surface area contributed by atoms with Crippen LogP contribution in [0.15, 0.2) is 103 Å². The minimum absolute atomic E-state index is 0.0797. The first-order valence-corrected chi connectivity index (χ1v) is 14.2. The third kappa shape index (κ3) is 6.79. The van der Waals surface area contributed by atoms with Crippen molar-refractivity contribution in [2.24, 2.45) is 0 Å². The van der Waals surface area contributed by atoms with Crippen LogP contribution in [0.2, 0.25) is 0 Å². The van der Waals surface area contributed by atoms with Gasteiger partial charge in [0.25, 0.3) is 5.91 Å². The fourth-order valence-electron chi connectivity index (χ4n) is 4.70. The van der Waals surface area contributed by atoms with Crippen LogP contribution in [-0.4, -0.2) is 46.1 Å². The zero-order chi connectivity index (χ0) is 28.2. The largest absolute Gasteiger partial charge is 0.496 e. The van der Waals surface area contributed by atoms with Gasteiger partial charge in [-0.1, -0.05) is 91.0 Å². The lowest BCUT2D eigenvalue weighted by molar-refractivity contribution is -0.122. The standard InChI is InChI=1S/C33H36N2O4S/c1-34-32(36)24-39-28-21-30(37-2)29(31(22-28)38-3)23-35-19-20-40-33(25-13-7-4-8-14-25,26-15-9-5-10-16-26)27-17-11-6-12-18-27/h4-18,21-22,35H,19-20,23-24H2,1-3H3,(H,34,36). The second-order valence-electron chi connectivity index (χ2n) is 9.07. The van der Waals surface area contributed by atoms with E-state index >= 15 is 0 Å². The first-order valence-electron chi connectivity index (χ1n) is 13.2. The number of carbonyl (C=O) groups excluding carboxylic acids is 1. The lowest BCUT2D eigenvalue weighted by Gasteiger charge is -2.35.